The van der Waals surface area contributed by atoms with E-state index in [1.165, 1.54) is 5.56 Å². The maximum absolute atomic E-state index is 5.99. The van der Waals surface area contributed by atoms with Gasteiger partial charge in [-0.15, -0.1) is 0 Å². The van der Waals surface area contributed by atoms with Crippen molar-refractivity contribution in [3.8, 4) is 0 Å². The SMILES string of the molecule is CCn1c(CCc2ccccc2N)nc2cnccc21. The van der Waals surface area contributed by atoms with Crippen molar-refractivity contribution in [3.05, 3.63) is 54.1 Å². The van der Waals surface area contributed by atoms with E-state index in [9.17, 15) is 0 Å². The first kappa shape index (κ1) is 12.7. The van der Waals surface area contributed by atoms with Crippen molar-refractivity contribution in [3.63, 3.8) is 0 Å². The van der Waals surface area contributed by atoms with Gasteiger partial charge in [-0.3, -0.25) is 4.98 Å². The van der Waals surface area contributed by atoms with Crippen LogP contribution < -0.4 is 5.73 Å². The normalized spacial score (nSPS) is 11.1. The van der Waals surface area contributed by atoms with Gasteiger partial charge in [-0.25, -0.2) is 4.98 Å². The molecule has 0 spiro atoms. The van der Waals surface area contributed by atoms with Gasteiger partial charge in [0.2, 0.25) is 0 Å². The molecule has 0 aliphatic heterocycles. The third-order valence-electron chi connectivity index (χ3n) is 3.62. The summed E-state index contributed by atoms with van der Waals surface area (Å²) in [5.41, 5.74) is 10.1. The van der Waals surface area contributed by atoms with Crippen LogP contribution in [0.3, 0.4) is 0 Å². The van der Waals surface area contributed by atoms with E-state index in [2.05, 4.69) is 27.5 Å². The van der Waals surface area contributed by atoms with Gasteiger partial charge in [0.15, 0.2) is 0 Å². The molecule has 0 unspecified atom stereocenters. The summed E-state index contributed by atoms with van der Waals surface area (Å²) in [5.74, 6) is 1.10. The molecule has 0 aliphatic carbocycles. The van der Waals surface area contributed by atoms with E-state index in [1.54, 1.807) is 0 Å². The lowest BCUT2D eigenvalue weighted by atomic mass is 10.1. The summed E-state index contributed by atoms with van der Waals surface area (Å²) < 4.78 is 2.25. The number of fused-ring (bicyclic) bond motifs is 1. The molecular formula is C16H18N4. The summed E-state index contributed by atoms with van der Waals surface area (Å²) >= 11 is 0. The topological polar surface area (TPSA) is 56.7 Å². The van der Waals surface area contributed by atoms with Crippen molar-refractivity contribution < 1.29 is 0 Å². The number of anilines is 1. The average Bonchev–Trinajstić information content (AvgIpc) is 2.84. The number of benzene rings is 1. The number of aryl methyl sites for hydroxylation is 3. The van der Waals surface area contributed by atoms with E-state index in [0.29, 0.717) is 0 Å². The van der Waals surface area contributed by atoms with E-state index >= 15 is 0 Å². The first-order valence-electron chi connectivity index (χ1n) is 6.92. The van der Waals surface area contributed by atoms with Crippen LogP contribution in [0.1, 0.15) is 18.3 Å². The molecule has 0 saturated heterocycles. The maximum atomic E-state index is 5.99. The molecule has 1 aromatic carbocycles. The van der Waals surface area contributed by atoms with Crippen LogP contribution >= 0.6 is 0 Å². The Labute approximate surface area is 118 Å². The zero-order valence-electron chi connectivity index (χ0n) is 11.6. The molecule has 102 valence electrons. The first-order valence-corrected chi connectivity index (χ1v) is 6.92. The molecule has 0 radical (unpaired) electrons. The fourth-order valence-corrected chi connectivity index (χ4v) is 2.58. The summed E-state index contributed by atoms with van der Waals surface area (Å²) in [6, 6.07) is 10.0. The van der Waals surface area contributed by atoms with Crippen molar-refractivity contribution in [1.82, 2.24) is 14.5 Å². The highest BCUT2D eigenvalue weighted by Crippen LogP contribution is 2.18. The van der Waals surface area contributed by atoms with Crippen LogP contribution in [0.2, 0.25) is 0 Å². The Morgan fingerprint density at radius 1 is 1.15 bits per heavy atom. The summed E-state index contributed by atoms with van der Waals surface area (Å²) in [6.07, 6.45) is 5.43. The Kier molecular flexibility index (Phi) is 3.37. The van der Waals surface area contributed by atoms with Crippen LogP contribution in [0, 0.1) is 0 Å². The van der Waals surface area contributed by atoms with E-state index in [1.807, 2.05) is 36.7 Å². The molecule has 2 aromatic heterocycles. The fraction of sp³-hybridized carbons (Fsp3) is 0.250. The summed E-state index contributed by atoms with van der Waals surface area (Å²) in [5, 5.41) is 0. The Balaban J connectivity index is 1.89. The van der Waals surface area contributed by atoms with Crippen molar-refractivity contribution in [1.29, 1.82) is 0 Å². The van der Waals surface area contributed by atoms with Crippen LogP contribution in [0.25, 0.3) is 11.0 Å². The molecule has 4 heteroatoms. The maximum Gasteiger partial charge on any atom is 0.110 e. The van der Waals surface area contributed by atoms with Crippen molar-refractivity contribution in [2.24, 2.45) is 0 Å². The van der Waals surface area contributed by atoms with E-state index in [0.717, 1.165) is 41.9 Å². The highest BCUT2D eigenvalue weighted by molar-refractivity contribution is 5.74. The minimum Gasteiger partial charge on any atom is -0.399 e. The predicted octanol–water partition coefficient (Wildman–Crippen LogP) is 2.82. The molecule has 0 saturated carbocycles. The molecule has 3 rings (SSSR count). The smallest absolute Gasteiger partial charge is 0.110 e. The van der Waals surface area contributed by atoms with Gasteiger partial charge in [-0.1, -0.05) is 18.2 Å². The van der Waals surface area contributed by atoms with Crippen LogP contribution in [-0.4, -0.2) is 14.5 Å². The lowest BCUT2D eigenvalue weighted by Gasteiger charge is -2.07. The predicted molar refractivity (Wildman–Crippen MR) is 81.5 cm³/mol. The Morgan fingerprint density at radius 2 is 2.00 bits per heavy atom. The number of aromatic nitrogens is 3. The number of nitrogens with zero attached hydrogens (tertiary/aromatic N) is 3. The van der Waals surface area contributed by atoms with Crippen molar-refractivity contribution >= 4 is 16.7 Å². The van der Waals surface area contributed by atoms with Gasteiger partial charge in [0.25, 0.3) is 0 Å². The third-order valence-corrected chi connectivity index (χ3v) is 3.62. The second-order valence-corrected chi connectivity index (χ2v) is 4.84. The minimum absolute atomic E-state index is 0.855. The number of nitrogens with two attached hydrogens (primary N) is 1. The number of hydrogen-bond donors (Lipinski definition) is 1. The molecule has 3 aromatic rings. The van der Waals surface area contributed by atoms with E-state index in [-0.39, 0.29) is 0 Å². The summed E-state index contributed by atoms with van der Waals surface area (Å²) in [4.78, 5) is 8.83. The summed E-state index contributed by atoms with van der Waals surface area (Å²) in [7, 11) is 0. The van der Waals surface area contributed by atoms with Gasteiger partial charge >= 0.3 is 0 Å². The number of hydrogen-bond acceptors (Lipinski definition) is 3. The fourth-order valence-electron chi connectivity index (χ4n) is 2.58. The molecule has 0 aliphatic rings. The second-order valence-electron chi connectivity index (χ2n) is 4.84. The highest BCUT2D eigenvalue weighted by atomic mass is 15.1. The molecule has 0 atom stereocenters. The first-order chi connectivity index (χ1) is 9.79. The zero-order valence-corrected chi connectivity index (χ0v) is 11.6. The van der Waals surface area contributed by atoms with Crippen LogP contribution in [-0.2, 0) is 19.4 Å². The van der Waals surface area contributed by atoms with Gasteiger partial charge in [-0.2, -0.15) is 0 Å². The van der Waals surface area contributed by atoms with Gasteiger partial charge < -0.3 is 10.3 Å². The summed E-state index contributed by atoms with van der Waals surface area (Å²) in [6.45, 7) is 3.06. The lowest BCUT2D eigenvalue weighted by Crippen LogP contribution is -2.04. The van der Waals surface area contributed by atoms with Gasteiger partial charge in [-0.05, 0) is 31.0 Å². The Hall–Kier alpha value is -2.36. The van der Waals surface area contributed by atoms with Gasteiger partial charge in [0.1, 0.15) is 11.3 Å². The molecule has 0 amide bonds. The molecule has 0 bridgehead atoms. The Morgan fingerprint density at radius 3 is 2.80 bits per heavy atom. The largest absolute Gasteiger partial charge is 0.399 e. The van der Waals surface area contributed by atoms with Gasteiger partial charge in [0.05, 0.1) is 11.7 Å². The molecule has 4 nitrogen and oxygen atoms in total. The molecule has 20 heavy (non-hydrogen) atoms. The number of rotatable bonds is 4. The third kappa shape index (κ3) is 2.25. The average molecular weight is 266 g/mol. The minimum atomic E-state index is 0.855. The second kappa shape index (κ2) is 5.33. The number of pyridine rings is 1. The molecule has 0 fully saturated rings. The Bertz CT molecular complexity index is 730. The van der Waals surface area contributed by atoms with Crippen LogP contribution in [0.4, 0.5) is 5.69 Å². The molecular weight excluding hydrogens is 248 g/mol. The quantitative estimate of drug-likeness (QED) is 0.739. The van der Waals surface area contributed by atoms with Crippen LogP contribution in [0.5, 0.6) is 0 Å². The molecule has 2 N–H and O–H groups in total. The highest BCUT2D eigenvalue weighted by Gasteiger charge is 2.09. The zero-order chi connectivity index (χ0) is 13.9. The lowest BCUT2D eigenvalue weighted by molar-refractivity contribution is 0.707. The monoisotopic (exact) mass is 266 g/mol. The molecule has 2 heterocycles. The number of nitrogen functional groups attached to an aromatic ring is 1. The van der Waals surface area contributed by atoms with Crippen molar-refractivity contribution in [2.75, 3.05) is 5.73 Å². The van der Waals surface area contributed by atoms with Crippen LogP contribution in [0.15, 0.2) is 42.7 Å². The number of imidazole rings is 1. The van der Waals surface area contributed by atoms with E-state index in [4.69, 9.17) is 5.73 Å². The van der Waals surface area contributed by atoms with E-state index < -0.39 is 0 Å². The number of para-hydroxylation sites is 1. The van der Waals surface area contributed by atoms with Crippen molar-refractivity contribution in [2.45, 2.75) is 26.3 Å². The standard InChI is InChI=1S/C16H18N4/c1-2-20-15-9-10-18-11-14(15)19-16(20)8-7-12-5-3-4-6-13(12)17/h3-6,9-11H,2,7-8,17H2,1H3. The van der Waals surface area contributed by atoms with Gasteiger partial charge in [0, 0.05) is 24.8 Å².